The molecule has 0 saturated heterocycles. The smallest absolute Gasteiger partial charge is 0.319 e. The fraction of sp³-hybridized carbons (Fsp3) is 0.917. The van der Waals surface area contributed by atoms with Crippen LogP contribution in [0.2, 0.25) is 0 Å². The van der Waals surface area contributed by atoms with E-state index in [0.29, 0.717) is 19.2 Å². The molecular formula is C12H26N2O2. The van der Waals surface area contributed by atoms with Crippen LogP contribution in [0.5, 0.6) is 0 Å². The summed E-state index contributed by atoms with van der Waals surface area (Å²) in [5.41, 5.74) is 0. The first kappa shape index (κ1) is 15.4. The molecular weight excluding hydrogens is 204 g/mol. The van der Waals surface area contributed by atoms with Gasteiger partial charge in [0.25, 0.3) is 0 Å². The van der Waals surface area contributed by atoms with Crippen LogP contribution in [-0.4, -0.2) is 50.7 Å². The zero-order valence-electron chi connectivity index (χ0n) is 11.1. The summed E-state index contributed by atoms with van der Waals surface area (Å²) in [6.07, 6.45) is 3.04. The van der Waals surface area contributed by atoms with E-state index in [0.717, 1.165) is 25.8 Å². The molecule has 4 heteroatoms. The van der Waals surface area contributed by atoms with Crippen molar-refractivity contribution in [2.45, 2.75) is 39.2 Å². The minimum atomic E-state index is -0.148. The summed E-state index contributed by atoms with van der Waals surface area (Å²) in [7, 11) is 4.09. The molecule has 1 N–H and O–H groups in total. The minimum Gasteiger partial charge on any atom is -0.465 e. The topological polar surface area (TPSA) is 41.6 Å². The highest BCUT2D eigenvalue weighted by atomic mass is 16.5. The highest BCUT2D eigenvalue weighted by molar-refractivity contribution is 5.71. The van der Waals surface area contributed by atoms with Crippen LogP contribution in [0.25, 0.3) is 0 Å². The molecule has 1 atom stereocenters. The van der Waals surface area contributed by atoms with Crippen molar-refractivity contribution < 1.29 is 9.53 Å². The number of rotatable bonds is 9. The van der Waals surface area contributed by atoms with Gasteiger partial charge in [-0.05, 0) is 40.4 Å². The quantitative estimate of drug-likeness (QED) is 0.478. The number of nitrogens with one attached hydrogen (secondary N) is 1. The Kier molecular flexibility index (Phi) is 9.24. The van der Waals surface area contributed by atoms with E-state index >= 15 is 0 Å². The zero-order chi connectivity index (χ0) is 12.4. The number of unbranched alkanes of at least 4 members (excludes halogenated alkanes) is 1. The number of ether oxygens (including phenoxy) is 1. The predicted octanol–water partition coefficient (Wildman–Crippen LogP) is 1.26. The van der Waals surface area contributed by atoms with Crippen molar-refractivity contribution in [1.82, 2.24) is 10.2 Å². The lowest BCUT2D eigenvalue weighted by Gasteiger charge is -2.16. The molecule has 0 saturated carbocycles. The first-order valence-electron chi connectivity index (χ1n) is 6.10. The Labute approximate surface area is 99.3 Å². The predicted molar refractivity (Wildman–Crippen MR) is 66.5 cm³/mol. The molecule has 0 heterocycles. The van der Waals surface area contributed by atoms with Gasteiger partial charge >= 0.3 is 5.97 Å². The number of hydrogen-bond donors (Lipinski definition) is 1. The second-order valence-corrected chi connectivity index (χ2v) is 4.45. The van der Waals surface area contributed by atoms with Gasteiger partial charge in [0, 0.05) is 6.04 Å². The third-order valence-corrected chi connectivity index (χ3v) is 2.37. The molecule has 0 aliphatic heterocycles. The van der Waals surface area contributed by atoms with E-state index in [1.807, 2.05) is 14.1 Å². The van der Waals surface area contributed by atoms with E-state index in [9.17, 15) is 4.79 Å². The van der Waals surface area contributed by atoms with Gasteiger partial charge in [-0.15, -0.1) is 0 Å². The van der Waals surface area contributed by atoms with Crippen molar-refractivity contribution >= 4 is 5.97 Å². The van der Waals surface area contributed by atoms with E-state index in [4.69, 9.17) is 4.74 Å². The van der Waals surface area contributed by atoms with Gasteiger partial charge in [0.15, 0.2) is 0 Å². The fourth-order valence-corrected chi connectivity index (χ4v) is 1.19. The van der Waals surface area contributed by atoms with Crippen molar-refractivity contribution in [3.8, 4) is 0 Å². The van der Waals surface area contributed by atoms with E-state index in [-0.39, 0.29) is 5.97 Å². The summed E-state index contributed by atoms with van der Waals surface area (Å²) in [6.45, 7) is 6.05. The highest BCUT2D eigenvalue weighted by Gasteiger charge is 2.06. The summed E-state index contributed by atoms with van der Waals surface area (Å²) < 4.78 is 5.05. The van der Waals surface area contributed by atoms with Gasteiger partial charge in [-0.3, -0.25) is 4.79 Å². The molecule has 0 aromatic heterocycles. The molecule has 0 amide bonds. The lowest BCUT2D eigenvalue weighted by molar-refractivity contribution is -0.142. The second kappa shape index (κ2) is 9.60. The van der Waals surface area contributed by atoms with E-state index in [1.165, 1.54) is 0 Å². The first-order valence-corrected chi connectivity index (χ1v) is 6.10. The molecule has 0 aromatic carbocycles. The van der Waals surface area contributed by atoms with E-state index in [1.54, 1.807) is 0 Å². The molecule has 0 bridgehead atoms. The maximum absolute atomic E-state index is 11.3. The third kappa shape index (κ3) is 9.93. The van der Waals surface area contributed by atoms with Gasteiger partial charge in [0.05, 0.1) is 13.2 Å². The Hall–Kier alpha value is -0.610. The van der Waals surface area contributed by atoms with Crippen LogP contribution < -0.4 is 5.32 Å². The Morgan fingerprint density at radius 3 is 2.69 bits per heavy atom. The summed E-state index contributed by atoms with van der Waals surface area (Å²) in [6, 6.07) is 0.348. The van der Waals surface area contributed by atoms with Crippen LogP contribution in [0.15, 0.2) is 0 Å². The van der Waals surface area contributed by atoms with Crippen LogP contribution in [0.4, 0.5) is 0 Å². The zero-order valence-corrected chi connectivity index (χ0v) is 11.1. The normalized spacial score (nSPS) is 12.8. The van der Waals surface area contributed by atoms with Gasteiger partial charge in [-0.2, -0.15) is 0 Å². The SMILES string of the molecule is CCCCOC(=O)CNC(C)CCN(C)C. The maximum Gasteiger partial charge on any atom is 0.319 e. The second-order valence-electron chi connectivity index (χ2n) is 4.45. The molecule has 0 aliphatic carbocycles. The highest BCUT2D eigenvalue weighted by Crippen LogP contribution is 1.93. The van der Waals surface area contributed by atoms with Crippen LogP contribution in [0.1, 0.15) is 33.1 Å². The standard InChI is InChI=1S/C12H26N2O2/c1-5-6-9-16-12(15)10-13-11(2)7-8-14(3)4/h11,13H,5-10H2,1-4H3. The fourth-order valence-electron chi connectivity index (χ4n) is 1.19. The Bertz CT molecular complexity index is 184. The number of hydrogen-bond acceptors (Lipinski definition) is 4. The van der Waals surface area contributed by atoms with Gasteiger partial charge in [0.1, 0.15) is 0 Å². The van der Waals surface area contributed by atoms with Gasteiger partial charge in [0.2, 0.25) is 0 Å². The largest absolute Gasteiger partial charge is 0.465 e. The Morgan fingerprint density at radius 1 is 1.44 bits per heavy atom. The molecule has 4 nitrogen and oxygen atoms in total. The summed E-state index contributed by atoms with van der Waals surface area (Å²) >= 11 is 0. The Balaban J connectivity index is 3.43. The van der Waals surface area contributed by atoms with Crippen molar-refractivity contribution in [2.75, 3.05) is 33.8 Å². The molecule has 0 radical (unpaired) electrons. The van der Waals surface area contributed by atoms with Crippen LogP contribution in [0, 0.1) is 0 Å². The third-order valence-electron chi connectivity index (χ3n) is 2.37. The van der Waals surface area contributed by atoms with Crippen molar-refractivity contribution in [2.24, 2.45) is 0 Å². The van der Waals surface area contributed by atoms with Crippen LogP contribution in [0.3, 0.4) is 0 Å². The summed E-state index contributed by atoms with van der Waals surface area (Å²) in [4.78, 5) is 13.4. The molecule has 16 heavy (non-hydrogen) atoms. The van der Waals surface area contributed by atoms with E-state index in [2.05, 4.69) is 24.1 Å². The minimum absolute atomic E-state index is 0.148. The van der Waals surface area contributed by atoms with Gasteiger partial charge < -0.3 is 15.0 Å². The molecule has 0 rings (SSSR count). The molecule has 0 aliphatic rings. The lowest BCUT2D eigenvalue weighted by atomic mass is 10.2. The molecule has 1 unspecified atom stereocenters. The van der Waals surface area contributed by atoms with Crippen LogP contribution >= 0.6 is 0 Å². The van der Waals surface area contributed by atoms with E-state index < -0.39 is 0 Å². The lowest BCUT2D eigenvalue weighted by Crippen LogP contribution is -2.34. The van der Waals surface area contributed by atoms with Crippen molar-refractivity contribution in [3.63, 3.8) is 0 Å². The van der Waals surface area contributed by atoms with Crippen LogP contribution in [-0.2, 0) is 9.53 Å². The average molecular weight is 230 g/mol. The molecule has 0 fully saturated rings. The molecule has 96 valence electrons. The number of carbonyl (C=O) groups is 1. The molecule has 0 aromatic rings. The molecule has 0 spiro atoms. The number of esters is 1. The summed E-state index contributed by atoms with van der Waals surface area (Å²) in [5, 5.41) is 3.16. The van der Waals surface area contributed by atoms with Crippen molar-refractivity contribution in [1.29, 1.82) is 0 Å². The Morgan fingerprint density at radius 2 is 2.12 bits per heavy atom. The number of carbonyl (C=O) groups excluding carboxylic acids is 1. The average Bonchev–Trinajstić information content (AvgIpc) is 2.24. The van der Waals surface area contributed by atoms with Gasteiger partial charge in [-0.25, -0.2) is 0 Å². The number of nitrogens with zero attached hydrogens (tertiary/aromatic N) is 1. The van der Waals surface area contributed by atoms with Crippen molar-refractivity contribution in [3.05, 3.63) is 0 Å². The monoisotopic (exact) mass is 230 g/mol. The van der Waals surface area contributed by atoms with Gasteiger partial charge in [-0.1, -0.05) is 13.3 Å². The maximum atomic E-state index is 11.3. The first-order chi connectivity index (χ1) is 7.56. The summed E-state index contributed by atoms with van der Waals surface area (Å²) in [5.74, 6) is -0.148.